The number of hydrogen-bond donors (Lipinski definition) is 2. The summed E-state index contributed by atoms with van der Waals surface area (Å²) in [5.41, 5.74) is 0. The normalized spacial score (nSPS) is 12.4. The fourth-order valence-corrected chi connectivity index (χ4v) is 3.82. The van der Waals surface area contributed by atoms with Gasteiger partial charge in [0, 0.05) is 6.54 Å². The number of halogens is 1. The van der Waals surface area contributed by atoms with Crippen LogP contribution in [0.5, 0.6) is 0 Å². The van der Waals surface area contributed by atoms with E-state index in [4.69, 9.17) is 4.74 Å². The number of amides is 1. The number of thioether (sulfide) groups is 1. The van der Waals surface area contributed by atoms with Crippen molar-refractivity contribution in [3.8, 4) is 0 Å². The van der Waals surface area contributed by atoms with Crippen LogP contribution in [0.25, 0.3) is 0 Å². The highest BCUT2D eigenvalue weighted by Crippen LogP contribution is 2.14. The Morgan fingerprint density at radius 3 is 2.62 bits per heavy atom. The minimum Gasteiger partial charge on any atom is -0.466 e. The summed E-state index contributed by atoms with van der Waals surface area (Å²) in [5.74, 6) is -1.41. The second-order valence-electron chi connectivity index (χ2n) is 5.23. The number of rotatable bonds is 11. The quantitative estimate of drug-likeness (QED) is 0.537. The Hall–Kier alpha value is -1.65. The number of benzene rings is 1. The van der Waals surface area contributed by atoms with Crippen molar-refractivity contribution in [2.75, 3.05) is 25.2 Å². The highest BCUT2D eigenvalue weighted by molar-refractivity contribution is 7.98. The van der Waals surface area contributed by atoms with Crippen LogP contribution in [0.2, 0.25) is 0 Å². The second kappa shape index (κ2) is 11.1. The van der Waals surface area contributed by atoms with Crippen molar-refractivity contribution in [2.45, 2.75) is 30.7 Å². The molecule has 1 atom stereocenters. The van der Waals surface area contributed by atoms with Gasteiger partial charge in [-0.2, -0.15) is 16.5 Å². The lowest BCUT2D eigenvalue weighted by atomic mass is 10.2. The molecule has 0 aromatic heterocycles. The lowest BCUT2D eigenvalue weighted by molar-refractivity contribution is -0.143. The van der Waals surface area contributed by atoms with Crippen molar-refractivity contribution in [3.63, 3.8) is 0 Å². The van der Waals surface area contributed by atoms with E-state index in [1.54, 1.807) is 6.92 Å². The first-order chi connectivity index (χ1) is 12.3. The van der Waals surface area contributed by atoms with E-state index in [9.17, 15) is 22.4 Å². The average molecular weight is 407 g/mol. The van der Waals surface area contributed by atoms with Crippen LogP contribution in [-0.4, -0.2) is 51.5 Å². The molecule has 0 aliphatic rings. The summed E-state index contributed by atoms with van der Waals surface area (Å²) < 4.78 is 45.5. The van der Waals surface area contributed by atoms with E-state index in [1.807, 2.05) is 6.26 Å². The van der Waals surface area contributed by atoms with Gasteiger partial charge < -0.3 is 10.1 Å². The van der Waals surface area contributed by atoms with Crippen molar-refractivity contribution in [1.82, 2.24) is 10.0 Å². The first-order valence-electron chi connectivity index (χ1n) is 8.01. The molecule has 1 unspecified atom stereocenters. The van der Waals surface area contributed by atoms with Gasteiger partial charge in [-0.25, -0.2) is 12.8 Å². The summed E-state index contributed by atoms with van der Waals surface area (Å²) in [6, 6.07) is 3.86. The van der Waals surface area contributed by atoms with Gasteiger partial charge in [0.1, 0.15) is 16.8 Å². The molecule has 26 heavy (non-hydrogen) atoms. The Bertz CT molecular complexity index is 712. The van der Waals surface area contributed by atoms with Gasteiger partial charge in [-0.05, 0) is 37.5 Å². The van der Waals surface area contributed by atoms with Crippen LogP contribution in [0.4, 0.5) is 4.39 Å². The fourth-order valence-electron chi connectivity index (χ4n) is 2.04. The minimum absolute atomic E-state index is 0.0190. The summed E-state index contributed by atoms with van der Waals surface area (Å²) >= 11 is 1.44. The van der Waals surface area contributed by atoms with Crippen LogP contribution in [0.3, 0.4) is 0 Å². The SMILES string of the molecule is CCOC(=O)CCNC(=O)C(CCSC)NS(=O)(=O)c1ccccc1F. The van der Waals surface area contributed by atoms with Gasteiger partial charge in [-0.3, -0.25) is 9.59 Å². The van der Waals surface area contributed by atoms with Gasteiger partial charge in [-0.15, -0.1) is 0 Å². The van der Waals surface area contributed by atoms with E-state index in [0.717, 1.165) is 12.1 Å². The molecule has 0 spiro atoms. The lowest BCUT2D eigenvalue weighted by Crippen LogP contribution is -2.47. The van der Waals surface area contributed by atoms with Gasteiger partial charge >= 0.3 is 5.97 Å². The van der Waals surface area contributed by atoms with Gasteiger partial charge in [0.25, 0.3) is 0 Å². The number of carbonyl (C=O) groups is 2. The topological polar surface area (TPSA) is 102 Å². The summed E-state index contributed by atoms with van der Waals surface area (Å²) in [6.07, 6.45) is 2.02. The molecule has 0 saturated heterocycles. The number of esters is 1. The molecule has 0 saturated carbocycles. The number of nitrogens with one attached hydrogen (secondary N) is 2. The maximum Gasteiger partial charge on any atom is 0.307 e. The Labute approximate surface area is 157 Å². The van der Waals surface area contributed by atoms with Gasteiger partial charge in [-0.1, -0.05) is 12.1 Å². The third kappa shape index (κ3) is 7.30. The number of hydrogen-bond acceptors (Lipinski definition) is 6. The number of sulfonamides is 1. The third-order valence-electron chi connectivity index (χ3n) is 3.28. The van der Waals surface area contributed by atoms with E-state index in [2.05, 4.69) is 10.0 Å². The maximum absolute atomic E-state index is 13.8. The Balaban J connectivity index is 2.78. The molecule has 0 aliphatic heterocycles. The second-order valence-corrected chi connectivity index (χ2v) is 7.90. The fraction of sp³-hybridized carbons (Fsp3) is 0.500. The zero-order valence-corrected chi connectivity index (χ0v) is 16.3. The highest BCUT2D eigenvalue weighted by atomic mass is 32.2. The highest BCUT2D eigenvalue weighted by Gasteiger charge is 2.27. The molecule has 0 fully saturated rings. The average Bonchev–Trinajstić information content (AvgIpc) is 2.58. The molecule has 0 bridgehead atoms. The molecular formula is C16H23FN2O5S2. The number of carbonyl (C=O) groups excluding carboxylic acids is 2. The van der Waals surface area contributed by atoms with Crippen molar-refractivity contribution < 1.29 is 27.1 Å². The molecule has 1 rings (SSSR count). The van der Waals surface area contributed by atoms with E-state index in [-0.39, 0.29) is 26.0 Å². The van der Waals surface area contributed by atoms with Crippen LogP contribution in [0.15, 0.2) is 29.2 Å². The molecule has 2 N–H and O–H groups in total. The van der Waals surface area contributed by atoms with Crippen LogP contribution in [0.1, 0.15) is 19.8 Å². The molecule has 0 aliphatic carbocycles. The first kappa shape index (κ1) is 22.4. The maximum atomic E-state index is 13.8. The van der Waals surface area contributed by atoms with Gasteiger partial charge in [0.05, 0.1) is 13.0 Å². The van der Waals surface area contributed by atoms with Crippen molar-refractivity contribution in [3.05, 3.63) is 30.1 Å². The standard InChI is InChI=1S/C16H23FN2O5S2/c1-3-24-15(20)8-10-18-16(21)13(9-11-25-2)19-26(22,23)14-7-5-4-6-12(14)17/h4-7,13,19H,3,8-11H2,1-2H3,(H,18,21). The van der Waals surface area contributed by atoms with Gasteiger partial charge in [0.15, 0.2) is 0 Å². The molecular weight excluding hydrogens is 383 g/mol. The Morgan fingerprint density at radius 2 is 2.00 bits per heavy atom. The van der Waals surface area contributed by atoms with Crippen LogP contribution in [0, 0.1) is 5.82 Å². The third-order valence-corrected chi connectivity index (χ3v) is 5.43. The predicted molar refractivity (Wildman–Crippen MR) is 97.8 cm³/mol. The van der Waals surface area contributed by atoms with E-state index < -0.39 is 38.7 Å². The van der Waals surface area contributed by atoms with Crippen molar-refractivity contribution >= 4 is 33.7 Å². The van der Waals surface area contributed by atoms with Crippen LogP contribution >= 0.6 is 11.8 Å². The van der Waals surface area contributed by atoms with Crippen molar-refractivity contribution in [2.24, 2.45) is 0 Å². The zero-order valence-electron chi connectivity index (χ0n) is 14.7. The first-order valence-corrected chi connectivity index (χ1v) is 10.9. The zero-order chi connectivity index (χ0) is 19.6. The largest absolute Gasteiger partial charge is 0.466 e. The molecule has 146 valence electrons. The summed E-state index contributed by atoms with van der Waals surface area (Å²) in [4.78, 5) is 23.1. The smallest absolute Gasteiger partial charge is 0.307 e. The summed E-state index contributed by atoms with van der Waals surface area (Å²) in [6.45, 7) is 1.94. The monoisotopic (exact) mass is 406 g/mol. The minimum atomic E-state index is -4.20. The van der Waals surface area contributed by atoms with Crippen molar-refractivity contribution in [1.29, 1.82) is 0 Å². The molecule has 1 aromatic carbocycles. The summed E-state index contributed by atoms with van der Waals surface area (Å²) in [7, 11) is -4.20. The lowest BCUT2D eigenvalue weighted by Gasteiger charge is -2.18. The van der Waals surface area contributed by atoms with E-state index in [0.29, 0.717) is 5.75 Å². The Morgan fingerprint density at radius 1 is 1.31 bits per heavy atom. The predicted octanol–water partition coefficient (Wildman–Crippen LogP) is 1.30. The van der Waals surface area contributed by atoms with Crippen LogP contribution in [-0.2, 0) is 24.3 Å². The van der Waals surface area contributed by atoms with E-state index >= 15 is 0 Å². The van der Waals surface area contributed by atoms with Gasteiger partial charge in [0.2, 0.25) is 15.9 Å². The molecule has 0 heterocycles. The molecule has 1 amide bonds. The molecule has 7 nitrogen and oxygen atoms in total. The molecule has 10 heteroatoms. The molecule has 0 radical (unpaired) electrons. The summed E-state index contributed by atoms with van der Waals surface area (Å²) in [5, 5.41) is 2.50. The Kier molecular flexibility index (Phi) is 9.60. The molecule has 1 aromatic rings. The van der Waals surface area contributed by atoms with E-state index in [1.165, 1.54) is 23.9 Å². The number of ether oxygens (including phenoxy) is 1. The van der Waals surface area contributed by atoms with Crippen LogP contribution < -0.4 is 10.0 Å².